The van der Waals surface area contributed by atoms with Gasteiger partial charge < -0.3 is 4.74 Å². The summed E-state index contributed by atoms with van der Waals surface area (Å²) in [5, 5.41) is 0. The van der Waals surface area contributed by atoms with Crippen LogP contribution < -0.4 is 4.74 Å². The zero-order valence-corrected chi connectivity index (χ0v) is 10.5. The molecule has 2 rings (SSSR count). The summed E-state index contributed by atoms with van der Waals surface area (Å²) in [5.74, 6) is -1.46. The summed E-state index contributed by atoms with van der Waals surface area (Å²) in [4.78, 5) is 3.73. The Morgan fingerprint density at radius 3 is 2.76 bits per heavy atom. The fraction of sp³-hybridized carbons (Fsp3) is 0.0833. The molecule has 0 aliphatic heterocycles. The van der Waals surface area contributed by atoms with Crippen LogP contribution in [0.1, 0.15) is 5.56 Å². The summed E-state index contributed by atoms with van der Waals surface area (Å²) >= 11 is 3.08. The Hall–Kier alpha value is -1.49. The van der Waals surface area contributed by atoms with Gasteiger partial charge in [0.05, 0.1) is 0 Å². The van der Waals surface area contributed by atoms with Crippen molar-refractivity contribution < 1.29 is 13.5 Å². The highest BCUT2D eigenvalue weighted by molar-refractivity contribution is 9.10. The maximum absolute atomic E-state index is 13.6. The van der Waals surface area contributed by atoms with E-state index in [1.807, 2.05) is 0 Å². The number of hydrogen-bond acceptors (Lipinski definition) is 2. The minimum absolute atomic E-state index is 0.0428. The van der Waals surface area contributed by atoms with Crippen LogP contribution >= 0.6 is 15.9 Å². The second kappa shape index (κ2) is 4.79. The molecule has 17 heavy (non-hydrogen) atoms. The van der Waals surface area contributed by atoms with Crippen molar-refractivity contribution in [2.24, 2.45) is 0 Å². The van der Waals surface area contributed by atoms with Gasteiger partial charge in [-0.3, -0.25) is 0 Å². The van der Waals surface area contributed by atoms with Gasteiger partial charge >= 0.3 is 0 Å². The molecule has 1 aromatic carbocycles. The minimum atomic E-state index is -0.653. The lowest BCUT2D eigenvalue weighted by Crippen LogP contribution is -1.95. The zero-order chi connectivity index (χ0) is 12.4. The van der Waals surface area contributed by atoms with Crippen LogP contribution in [-0.2, 0) is 0 Å². The molecule has 5 heteroatoms. The lowest BCUT2D eigenvalue weighted by atomic mass is 10.2. The van der Waals surface area contributed by atoms with Gasteiger partial charge in [-0.25, -0.2) is 13.8 Å². The van der Waals surface area contributed by atoms with Crippen LogP contribution in [0, 0.1) is 18.6 Å². The maximum Gasteiger partial charge on any atom is 0.256 e. The number of hydrogen-bond donors (Lipinski definition) is 0. The molecule has 0 aliphatic carbocycles. The lowest BCUT2D eigenvalue weighted by molar-refractivity contribution is 0.397. The highest BCUT2D eigenvalue weighted by Gasteiger charge is 2.11. The van der Waals surface area contributed by atoms with Crippen molar-refractivity contribution in [1.82, 2.24) is 4.98 Å². The Morgan fingerprint density at radius 2 is 2.06 bits per heavy atom. The molecule has 0 saturated heterocycles. The lowest BCUT2D eigenvalue weighted by Gasteiger charge is -2.07. The number of ether oxygens (including phenoxy) is 1. The maximum atomic E-state index is 13.6. The molecule has 0 saturated carbocycles. The first kappa shape index (κ1) is 12.0. The Morgan fingerprint density at radius 1 is 1.29 bits per heavy atom. The van der Waals surface area contributed by atoms with E-state index in [9.17, 15) is 8.78 Å². The van der Waals surface area contributed by atoms with Gasteiger partial charge in [0, 0.05) is 10.7 Å². The number of pyridine rings is 1. The van der Waals surface area contributed by atoms with E-state index < -0.39 is 11.6 Å². The first-order valence-corrected chi connectivity index (χ1v) is 5.61. The second-order valence-corrected chi connectivity index (χ2v) is 4.35. The van der Waals surface area contributed by atoms with Gasteiger partial charge in [-0.2, -0.15) is 0 Å². The molecule has 1 heterocycles. The van der Waals surface area contributed by atoms with Gasteiger partial charge in [0.25, 0.3) is 5.88 Å². The van der Waals surface area contributed by atoms with Gasteiger partial charge in [-0.05, 0) is 40.5 Å². The largest absolute Gasteiger partial charge is 0.433 e. The molecular formula is C12H8BrF2NO. The Kier molecular flexibility index (Phi) is 3.38. The highest BCUT2D eigenvalue weighted by atomic mass is 79.9. The number of aromatic nitrogens is 1. The Bertz CT molecular complexity index is 560. The fourth-order valence-electron chi connectivity index (χ4n) is 1.28. The first-order chi connectivity index (χ1) is 8.08. The zero-order valence-electron chi connectivity index (χ0n) is 8.88. The monoisotopic (exact) mass is 299 g/mol. The predicted octanol–water partition coefficient (Wildman–Crippen LogP) is 4.22. The van der Waals surface area contributed by atoms with Crippen LogP contribution in [0.4, 0.5) is 8.78 Å². The van der Waals surface area contributed by atoms with Crippen LogP contribution in [-0.4, -0.2) is 4.98 Å². The summed E-state index contributed by atoms with van der Waals surface area (Å²) in [6.45, 7) is 1.60. The standard InChI is InChI=1S/C12H8BrF2NO/c1-7-3-2-4-10(11(7)15)17-12-9(14)5-8(13)6-16-12/h2-6H,1H3. The van der Waals surface area contributed by atoms with Gasteiger partial charge in [-0.1, -0.05) is 12.1 Å². The third-order valence-corrected chi connectivity index (χ3v) is 2.57. The van der Waals surface area contributed by atoms with Crippen molar-refractivity contribution in [3.63, 3.8) is 0 Å². The molecule has 0 unspecified atom stereocenters. The third-order valence-electron chi connectivity index (χ3n) is 2.14. The molecule has 2 nitrogen and oxygen atoms in total. The van der Waals surface area contributed by atoms with Crippen molar-refractivity contribution in [3.05, 3.63) is 52.1 Å². The van der Waals surface area contributed by atoms with E-state index in [0.717, 1.165) is 0 Å². The average molecular weight is 300 g/mol. The quantitative estimate of drug-likeness (QED) is 0.828. The van der Waals surface area contributed by atoms with Crippen molar-refractivity contribution >= 4 is 15.9 Å². The van der Waals surface area contributed by atoms with Crippen LogP contribution in [0.2, 0.25) is 0 Å². The van der Waals surface area contributed by atoms with Crippen LogP contribution in [0.25, 0.3) is 0 Å². The number of rotatable bonds is 2. The molecular weight excluding hydrogens is 292 g/mol. The van der Waals surface area contributed by atoms with E-state index in [-0.39, 0.29) is 11.6 Å². The molecule has 0 atom stereocenters. The molecule has 0 N–H and O–H groups in total. The number of halogens is 3. The van der Waals surface area contributed by atoms with Gasteiger partial charge in [0.2, 0.25) is 0 Å². The van der Waals surface area contributed by atoms with Crippen molar-refractivity contribution in [1.29, 1.82) is 0 Å². The van der Waals surface area contributed by atoms with E-state index in [4.69, 9.17) is 4.74 Å². The third kappa shape index (κ3) is 2.61. The molecule has 0 aliphatic rings. The van der Waals surface area contributed by atoms with Crippen LogP contribution in [0.5, 0.6) is 11.6 Å². The summed E-state index contributed by atoms with van der Waals surface area (Å²) in [6, 6.07) is 5.86. The number of nitrogens with zero attached hydrogens (tertiary/aromatic N) is 1. The summed E-state index contributed by atoms with van der Waals surface area (Å²) in [6.07, 6.45) is 1.38. The molecule has 88 valence electrons. The first-order valence-electron chi connectivity index (χ1n) is 4.82. The molecule has 0 spiro atoms. The highest BCUT2D eigenvalue weighted by Crippen LogP contribution is 2.27. The smallest absolute Gasteiger partial charge is 0.256 e. The van der Waals surface area contributed by atoms with Crippen molar-refractivity contribution in [3.8, 4) is 11.6 Å². The Balaban J connectivity index is 2.35. The number of aryl methyl sites for hydroxylation is 1. The van der Waals surface area contributed by atoms with Gasteiger partial charge in [-0.15, -0.1) is 0 Å². The molecule has 0 radical (unpaired) electrons. The molecule has 1 aromatic heterocycles. The van der Waals surface area contributed by atoms with Gasteiger partial charge in [0.15, 0.2) is 17.4 Å². The normalized spacial score (nSPS) is 10.4. The van der Waals surface area contributed by atoms with E-state index in [2.05, 4.69) is 20.9 Å². The van der Waals surface area contributed by atoms with E-state index in [0.29, 0.717) is 10.0 Å². The van der Waals surface area contributed by atoms with Crippen molar-refractivity contribution in [2.45, 2.75) is 6.92 Å². The SMILES string of the molecule is Cc1cccc(Oc2ncc(Br)cc2F)c1F. The summed E-state index contributed by atoms with van der Waals surface area (Å²) in [7, 11) is 0. The topological polar surface area (TPSA) is 22.1 Å². The van der Waals surface area contributed by atoms with Crippen LogP contribution in [0.3, 0.4) is 0 Å². The van der Waals surface area contributed by atoms with E-state index in [1.54, 1.807) is 19.1 Å². The van der Waals surface area contributed by atoms with E-state index in [1.165, 1.54) is 18.3 Å². The van der Waals surface area contributed by atoms with E-state index >= 15 is 0 Å². The fourth-order valence-corrected chi connectivity index (χ4v) is 1.58. The summed E-state index contributed by atoms with van der Waals surface area (Å²) in [5.41, 5.74) is 0.431. The molecule has 0 bridgehead atoms. The molecule has 2 aromatic rings. The summed E-state index contributed by atoms with van der Waals surface area (Å²) < 4.78 is 32.6. The molecule has 0 amide bonds. The minimum Gasteiger partial charge on any atom is -0.433 e. The average Bonchev–Trinajstić information content (AvgIpc) is 2.28. The molecule has 0 fully saturated rings. The van der Waals surface area contributed by atoms with Crippen LogP contribution in [0.15, 0.2) is 34.9 Å². The Labute approximate surface area is 105 Å². The number of benzene rings is 1. The predicted molar refractivity (Wildman–Crippen MR) is 63.1 cm³/mol. The second-order valence-electron chi connectivity index (χ2n) is 3.43. The van der Waals surface area contributed by atoms with Gasteiger partial charge in [0.1, 0.15) is 0 Å². The van der Waals surface area contributed by atoms with Crippen molar-refractivity contribution in [2.75, 3.05) is 0 Å².